The van der Waals surface area contributed by atoms with Crippen LogP contribution < -0.4 is 10.6 Å². The highest BCUT2D eigenvalue weighted by Gasteiger charge is 2.38. The van der Waals surface area contributed by atoms with Crippen molar-refractivity contribution in [1.29, 1.82) is 0 Å². The SMILES string of the molecule is COCCCNC(=O)c1ccc2c(c1)C1C=CCC1C(c1ccc(SC)cc1)N2. The summed E-state index contributed by atoms with van der Waals surface area (Å²) in [6.07, 6.45) is 8.58. The van der Waals surface area contributed by atoms with Gasteiger partial charge >= 0.3 is 0 Å². The Morgan fingerprint density at radius 2 is 2.07 bits per heavy atom. The van der Waals surface area contributed by atoms with Gasteiger partial charge in [0.2, 0.25) is 0 Å². The second kappa shape index (κ2) is 9.06. The summed E-state index contributed by atoms with van der Waals surface area (Å²) >= 11 is 1.77. The minimum absolute atomic E-state index is 0.0165. The van der Waals surface area contributed by atoms with E-state index in [4.69, 9.17) is 4.74 Å². The first-order valence-electron chi connectivity index (χ1n) is 10.2. The van der Waals surface area contributed by atoms with Gasteiger partial charge in [-0.15, -0.1) is 11.8 Å². The van der Waals surface area contributed by atoms with Crippen LogP contribution in [-0.4, -0.2) is 32.4 Å². The lowest BCUT2D eigenvalue weighted by molar-refractivity contribution is 0.0948. The second-order valence-electron chi connectivity index (χ2n) is 7.65. The summed E-state index contributed by atoms with van der Waals surface area (Å²) in [5, 5.41) is 6.74. The molecule has 2 aliphatic rings. The van der Waals surface area contributed by atoms with Crippen LogP contribution in [0.25, 0.3) is 0 Å². The Morgan fingerprint density at radius 1 is 1.24 bits per heavy atom. The van der Waals surface area contributed by atoms with Gasteiger partial charge in [0.25, 0.3) is 5.91 Å². The molecule has 0 fully saturated rings. The number of hydrogen-bond donors (Lipinski definition) is 2. The molecule has 1 aliphatic carbocycles. The van der Waals surface area contributed by atoms with E-state index < -0.39 is 0 Å². The van der Waals surface area contributed by atoms with Crippen LogP contribution in [0, 0.1) is 5.92 Å². The molecule has 3 atom stereocenters. The molecular formula is C24H28N2O2S. The van der Waals surface area contributed by atoms with E-state index in [2.05, 4.69) is 65.4 Å². The van der Waals surface area contributed by atoms with Crippen LogP contribution in [0.2, 0.25) is 0 Å². The molecule has 0 saturated heterocycles. The molecule has 0 aromatic heterocycles. The first-order valence-corrected chi connectivity index (χ1v) is 11.4. The van der Waals surface area contributed by atoms with Gasteiger partial charge in [0.05, 0.1) is 6.04 Å². The number of fused-ring (bicyclic) bond motifs is 3. The molecule has 0 spiro atoms. The summed E-state index contributed by atoms with van der Waals surface area (Å²) in [6.45, 7) is 1.28. The third kappa shape index (κ3) is 4.21. The number of allylic oxidation sites excluding steroid dienone is 2. The van der Waals surface area contributed by atoms with Crippen LogP contribution in [0.4, 0.5) is 5.69 Å². The van der Waals surface area contributed by atoms with Crippen LogP contribution in [0.3, 0.4) is 0 Å². The van der Waals surface area contributed by atoms with Crippen LogP contribution in [0.15, 0.2) is 59.5 Å². The molecule has 29 heavy (non-hydrogen) atoms. The minimum atomic E-state index is -0.0165. The molecule has 2 N–H and O–H groups in total. The highest BCUT2D eigenvalue weighted by atomic mass is 32.2. The van der Waals surface area contributed by atoms with Gasteiger partial charge in [-0.1, -0.05) is 24.3 Å². The number of nitrogens with one attached hydrogen (secondary N) is 2. The van der Waals surface area contributed by atoms with E-state index in [9.17, 15) is 4.79 Å². The van der Waals surface area contributed by atoms with Crippen LogP contribution >= 0.6 is 11.8 Å². The first kappa shape index (κ1) is 20.0. The van der Waals surface area contributed by atoms with E-state index in [0.717, 1.165) is 24.1 Å². The van der Waals surface area contributed by atoms with Crippen molar-refractivity contribution < 1.29 is 9.53 Å². The Hall–Kier alpha value is -2.24. The number of amides is 1. The average molecular weight is 409 g/mol. The number of carbonyl (C=O) groups is 1. The summed E-state index contributed by atoms with van der Waals surface area (Å²) in [4.78, 5) is 13.8. The Balaban J connectivity index is 1.55. The Bertz CT molecular complexity index is 894. The van der Waals surface area contributed by atoms with Crippen molar-refractivity contribution in [2.75, 3.05) is 31.8 Å². The quantitative estimate of drug-likeness (QED) is 0.384. The number of rotatable bonds is 7. The molecule has 4 nitrogen and oxygen atoms in total. The van der Waals surface area contributed by atoms with Gasteiger partial charge in [-0.2, -0.15) is 0 Å². The lowest BCUT2D eigenvalue weighted by Crippen LogP contribution is -2.30. The minimum Gasteiger partial charge on any atom is -0.385 e. The number of carbonyl (C=O) groups excluding carboxylic acids is 1. The molecule has 2 aromatic rings. The fraction of sp³-hybridized carbons (Fsp3) is 0.375. The number of methoxy groups -OCH3 is 1. The topological polar surface area (TPSA) is 50.4 Å². The highest BCUT2D eigenvalue weighted by molar-refractivity contribution is 7.98. The predicted molar refractivity (Wildman–Crippen MR) is 120 cm³/mol. The molecule has 1 aliphatic heterocycles. The van der Waals surface area contributed by atoms with Crippen molar-refractivity contribution in [2.45, 2.75) is 29.7 Å². The van der Waals surface area contributed by atoms with Crippen molar-refractivity contribution in [3.8, 4) is 0 Å². The summed E-state index contributed by atoms with van der Waals surface area (Å²) < 4.78 is 5.04. The fourth-order valence-electron chi connectivity index (χ4n) is 4.40. The average Bonchev–Trinajstić information content (AvgIpc) is 3.26. The molecule has 0 bridgehead atoms. The Kier molecular flexibility index (Phi) is 6.26. The molecular weight excluding hydrogens is 380 g/mol. The molecule has 5 heteroatoms. The standard InChI is InChI=1S/C24H28N2O2S/c1-28-14-4-13-25-24(27)17-9-12-22-21(15-17)19-5-3-6-20(19)23(26-22)16-7-10-18(29-2)11-8-16/h3,5,7-12,15,19-20,23,26H,4,6,13-14H2,1-2H3,(H,25,27). The third-order valence-corrected chi connectivity index (χ3v) is 6.65. The maximum absolute atomic E-state index is 12.5. The van der Waals surface area contributed by atoms with Crippen LogP contribution in [-0.2, 0) is 4.74 Å². The third-order valence-electron chi connectivity index (χ3n) is 5.91. The van der Waals surface area contributed by atoms with Gasteiger partial charge in [0.15, 0.2) is 0 Å². The van der Waals surface area contributed by atoms with E-state index in [1.807, 2.05) is 6.07 Å². The van der Waals surface area contributed by atoms with Crippen molar-refractivity contribution in [1.82, 2.24) is 5.32 Å². The molecule has 1 amide bonds. The number of hydrogen-bond acceptors (Lipinski definition) is 4. The monoisotopic (exact) mass is 408 g/mol. The van der Waals surface area contributed by atoms with Gasteiger partial charge in [0, 0.05) is 42.3 Å². The highest BCUT2D eigenvalue weighted by Crippen LogP contribution is 2.50. The van der Waals surface area contributed by atoms with Gasteiger partial charge in [-0.25, -0.2) is 0 Å². The lowest BCUT2D eigenvalue weighted by Gasteiger charge is -2.37. The predicted octanol–water partition coefficient (Wildman–Crippen LogP) is 5.00. The molecule has 152 valence electrons. The summed E-state index contributed by atoms with van der Waals surface area (Å²) in [7, 11) is 1.67. The smallest absolute Gasteiger partial charge is 0.251 e. The Morgan fingerprint density at radius 3 is 2.83 bits per heavy atom. The van der Waals surface area contributed by atoms with E-state index in [-0.39, 0.29) is 11.9 Å². The fourth-order valence-corrected chi connectivity index (χ4v) is 4.81. The largest absolute Gasteiger partial charge is 0.385 e. The van der Waals surface area contributed by atoms with Crippen LogP contribution in [0.5, 0.6) is 0 Å². The number of ether oxygens (including phenoxy) is 1. The molecule has 4 rings (SSSR count). The maximum atomic E-state index is 12.5. The summed E-state index contributed by atoms with van der Waals surface area (Å²) in [6, 6.07) is 15.2. The van der Waals surface area contributed by atoms with Gasteiger partial charge in [-0.3, -0.25) is 4.79 Å². The number of benzene rings is 2. The zero-order chi connectivity index (χ0) is 20.2. The van der Waals surface area contributed by atoms with Crippen LogP contribution in [0.1, 0.15) is 46.3 Å². The van der Waals surface area contributed by atoms with Gasteiger partial charge in [0.1, 0.15) is 0 Å². The van der Waals surface area contributed by atoms with E-state index >= 15 is 0 Å². The normalized spacial score (nSPS) is 21.9. The van der Waals surface area contributed by atoms with Crippen molar-refractivity contribution in [3.63, 3.8) is 0 Å². The molecule has 0 radical (unpaired) electrons. The molecule has 0 saturated carbocycles. The Labute approximate surface area is 177 Å². The number of anilines is 1. The zero-order valence-corrected chi connectivity index (χ0v) is 17.8. The van der Waals surface area contributed by atoms with E-state index in [1.165, 1.54) is 16.0 Å². The second-order valence-corrected chi connectivity index (χ2v) is 8.53. The first-order chi connectivity index (χ1) is 14.2. The zero-order valence-electron chi connectivity index (χ0n) is 17.0. The molecule has 3 unspecified atom stereocenters. The van der Waals surface area contributed by atoms with E-state index in [1.54, 1.807) is 18.9 Å². The maximum Gasteiger partial charge on any atom is 0.251 e. The number of thioether (sulfide) groups is 1. The lowest BCUT2D eigenvalue weighted by atomic mass is 9.76. The van der Waals surface area contributed by atoms with Crippen molar-refractivity contribution in [3.05, 3.63) is 71.3 Å². The van der Waals surface area contributed by atoms with Gasteiger partial charge < -0.3 is 15.4 Å². The summed E-state index contributed by atoms with van der Waals surface area (Å²) in [5.74, 6) is 0.803. The van der Waals surface area contributed by atoms with E-state index in [0.29, 0.717) is 25.0 Å². The van der Waals surface area contributed by atoms with Crippen molar-refractivity contribution in [2.24, 2.45) is 5.92 Å². The van der Waals surface area contributed by atoms with Gasteiger partial charge in [-0.05, 0) is 66.5 Å². The summed E-state index contributed by atoms with van der Waals surface area (Å²) in [5.41, 5.74) is 4.41. The molecule has 2 aromatic carbocycles. The molecule has 1 heterocycles. The van der Waals surface area contributed by atoms with Crippen molar-refractivity contribution >= 4 is 23.4 Å².